The molecule has 0 saturated heterocycles. The average Bonchev–Trinajstić information content (AvgIpc) is 2.31. The molecule has 0 aliphatic carbocycles. The molecule has 1 aromatic carbocycles. The number of anilines is 1. The molecule has 90 valence electrons. The first-order valence-electron chi connectivity index (χ1n) is 5.47. The Morgan fingerprint density at radius 2 is 2.06 bits per heavy atom. The van der Waals surface area contributed by atoms with E-state index in [1.165, 1.54) is 6.07 Å². The van der Waals surface area contributed by atoms with Gasteiger partial charge in [0.05, 0.1) is 25.5 Å². The summed E-state index contributed by atoms with van der Waals surface area (Å²) in [7, 11) is 0. The van der Waals surface area contributed by atoms with E-state index < -0.39 is 0 Å². The molecule has 1 N–H and O–H groups in total. The Bertz CT molecular complexity index is 307. The van der Waals surface area contributed by atoms with Gasteiger partial charge in [-0.05, 0) is 19.1 Å². The summed E-state index contributed by atoms with van der Waals surface area (Å²) in [5.74, 6) is -0.216. The number of likely N-dealkylation sites (N-methyl/N-ethyl adjacent to an activating group) is 1. The lowest BCUT2D eigenvalue weighted by Crippen LogP contribution is -2.28. The molecule has 16 heavy (non-hydrogen) atoms. The van der Waals surface area contributed by atoms with Crippen LogP contribution in [0.1, 0.15) is 6.92 Å². The van der Waals surface area contributed by atoms with Gasteiger partial charge in [-0.25, -0.2) is 4.39 Å². The number of hydrogen-bond donors (Lipinski definition) is 1. The SMILES string of the molecule is CCN(CCOCCO)c1ccccc1F. The third kappa shape index (κ3) is 3.79. The van der Waals surface area contributed by atoms with Crippen LogP contribution in [0.5, 0.6) is 0 Å². The fraction of sp³-hybridized carbons (Fsp3) is 0.500. The van der Waals surface area contributed by atoms with Crippen molar-refractivity contribution >= 4 is 5.69 Å². The van der Waals surface area contributed by atoms with Crippen LogP contribution in [-0.4, -0.2) is 38.0 Å². The molecule has 0 unspecified atom stereocenters. The number of benzene rings is 1. The third-order valence-electron chi connectivity index (χ3n) is 2.32. The highest BCUT2D eigenvalue weighted by Crippen LogP contribution is 2.17. The minimum atomic E-state index is -0.216. The van der Waals surface area contributed by atoms with E-state index in [0.29, 0.717) is 25.4 Å². The van der Waals surface area contributed by atoms with Gasteiger partial charge in [-0.15, -0.1) is 0 Å². The second-order valence-electron chi connectivity index (χ2n) is 3.37. The number of rotatable bonds is 7. The second kappa shape index (κ2) is 7.19. The molecule has 0 bridgehead atoms. The number of halogens is 1. The van der Waals surface area contributed by atoms with Crippen LogP contribution in [0.4, 0.5) is 10.1 Å². The van der Waals surface area contributed by atoms with E-state index in [2.05, 4.69) is 0 Å². The van der Waals surface area contributed by atoms with E-state index in [4.69, 9.17) is 9.84 Å². The van der Waals surface area contributed by atoms with E-state index in [1.807, 2.05) is 17.9 Å². The van der Waals surface area contributed by atoms with Crippen molar-refractivity contribution in [2.75, 3.05) is 37.8 Å². The van der Waals surface area contributed by atoms with Gasteiger partial charge < -0.3 is 14.7 Å². The maximum atomic E-state index is 13.5. The molecule has 3 nitrogen and oxygen atoms in total. The second-order valence-corrected chi connectivity index (χ2v) is 3.37. The topological polar surface area (TPSA) is 32.7 Å². The van der Waals surface area contributed by atoms with Crippen molar-refractivity contribution in [2.24, 2.45) is 0 Å². The van der Waals surface area contributed by atoms with Gasteiger partial charge in [0.15, 0.2) is 0 Å². The number of hydrogen-bond acceptors (Lipinski definition) is 3. The molecule has 0 aliphatic rings. The first kappa shape index (κ1) is 12.9. The first-order chi connectivity index (χ1) is 7.79. The monoisotopic (exact) mass is 227 g/mol. The Morgan fingerprint density at radius 3 is 2.69 bits per heavy atom. The number of aliphatic hydroxyl groups is 1. The molecule has 0 saturated carbocycles. The normalized spacial score (nSPS) is 10.4. The lowest BCUT2D eigenvalue weighted by molar-refractivity contribution is 0.0967. The van der Waals surface area contributed by atoms with Crippen LogP contribution in [-0.2, 0) is 4.74 Å². The molecule has 0 heterocycles. The van der Waals surface area contributed by atoms with Crippen LogP contribution in [0.2, 0.25) is 0 Å². The molecule has 4 heteroatoms. The molecule has 0 fully saturated rings. The van der Waals surface area contributed by atoms with Crippen molar-refractivity contribution in [3.8, 4) is 0 Å². The van der Waals surface area contributed by atoms with E-state index in [-0.39, 0.29) is 12.4 Å². The minimum Gasteiger partial charge on any atom is -0.394 e. The summed E-state index contributed by atoms with van der Waals surface area (Å²) in [6.45, 7) is 4.16. The smallest absolute Gasteiger partial charge is 0.146 e. The van der Waals surface area contributed by atoms with Gasteiger partial charge >= 0.3 is 0 Å². The van der Waals surface area contributed by atoms with Crippen LogP contribution in [0, 0.1) is 5.82 Å². The van der Waals surface area contributed by atoms with Crippen LogP contribution in [0.3, 0.4) is 0 Å². The van der Waals surface area contributed by atoms with Gasteiger partial charge in [-0.1, -0.05) is 12.1 Å². The minimum absolute atomic E-state index is 0.0197. The standard InChI is InChI=1S/C12H18FNO2/c1-2-14(7-9-16-10-8-15)12-6-4-3-5-11(12)13/h3-6,15H,2,7-10H2,1H3. The fourth-order valence-corrected chi connectivity index (χ4v) is 1.50. The molecule has 0 aliphatic heterocycles. The van der Waals surface area contributed by atoms with Crippen LogP contribution in [0.15, 0.2) is 24.3 Å². The zero-order chi connectivity index (χ0) is 11.8. The maximum Gasteiger partial charge on any atom is 0.146 e. The van der Waals surface area contributed by atoms with E-state index in [9.17, 15) is 4.39 Å². The molecule has 0 radical (unpaired) electrons. The fourth-order valence-electron chi connectivity index (χ4n) is 1.50. The van der Waals surface area contributed by atoms with Crippen LogP contribution in [0.25, 0.3) is 0 Å². The van der Waals surface area contributed by atoms with Crippen molar-refractivity contribution in [3.63, 3.8) is 0 Å². The van der Waals surface area contributed by atoms with E-state index in [1.54, 1.807) is 12.1 Å². The number of aliphatic hydroxyl groups excluding tert-OH is 1. The first-order valence-corrected chi connectivity index (χ1v) is 5.47. The molecule has 1 aromatic rings. The molecular weight excluding hydrogens is 209 g/mol. The van der Waals surface area contributed by atoms with Gasteiger partial charge in [0.25, 0.3) is 0 Å². The Hall–Kier alpha value is -1.13. The van der Waals surface area contributed by atoms with E-state index in [0.717, 1.165) is 6.54 Å². The predicted molar refractivity (Wildman–Crippen MR) is 62.2 cm³/mol. The number of ether oxygens (including phenoxy) is 1. The molecule has 0 spiro atoms. The average molecular weight is 227 g/mol. The largest absolute Gasteiger partial charge is 0.394 e. The summed E-state index contributed by atoms with van der Waals surface area (Å²) >= 11 is 0. The quantitative estimate of drug-likeness (QED) is 0.719. The van der Waals surface area contributed by atoms with Crippen molar-refractivity contribution < 1.29 is 14.2 Å². The van der Waals surface area contributed by atoms with Crippen molar-refractivity contribution in [3.05, 3.63) is 30.1 Å². The van der Waals surface area contributed by atoms with Gasteiger partial charge in [0.2, 0.25) is 0 Å². The Morgan fingerprint density at radius 1 is 1.31 bits per heavy atom. The molecule has 1 rings (SSSR count). The number of para-hydroxylation sites is 1. The Balaban J connectivity index is 2.51. The van der Waals surface area contributed by atoms with Crippen LogP contribution >= 0.6 is 0 Å². The Kier molecular flexibility index (Phi) is 5.82. The summed E-state index contributed by atoms with van der Waals surface area (Å²) in [5.41, 5.74) is 0.595. The lowest BCUT2D eigenvalue weighted by Gasteiger charge is -2.23. The summed E-state index contributed by atoms with van der Waals surface area (Å²) in [6.07, 6.45) is 0. The van der Waals surface area contributed by atoms with Gasteiger partial charge in [0.1, 0.15) is 5.82 Å². The zero-order valence-corrected chi connectivity index (χ0v) is 9.53. The van der Waals surface area contributed by atoms with Crippen molar-refractivity contribution in [1.82, 2.24) is 0 Å². The lowest BCUT2D eigenvalue weighted by atomic mass is 10.2. The van der Waals surface area contributed by atoms with Gasteiger partial charge in [-0.3, -0.25) is 0 Å². The Labute approximate surface area is 95.5 Å². The number of nitrogens with zero attached hydrogens (tertiary/aromatic N) is 1. The summed E-state index contributed by atoms with van der Waals surface area (Å²) in [4.78, 5) is 1.91. The zero-order valence-electron chi connectivity index (χ0n) is 9.53. The van der Waals surface area contributed by atoms with E-state index >= 15 is 0 Å². The summed E-state index contributed by atoms with van der Waals surface area (Å²) < 4.78 is 18.6. The maximum absolute atomic E-state index is 13.5. The molecule has 0 amide bonds. The van der Waals surface area contributed by atoms with Crippen LogP contribution < -0.4 is 4.90 Å². The molecule has 0 atom stereocenters. The summed E-state index contributed by atoms with van der Waals surface area (Å²) in [6, 6.07) is 6.70. The third-order valence-corrected chi connectivity index (χ3v) is 2.32. The summed E-state index contributed by atoms with van der Waals surface area (Å²) in [5, 5.41) is 8.55. The highest BCUT2D eigenvalue weighted by molar-refractivity contribution is 5.47. The van der Waals surface area contributed by atoms with Gasteiger partial charge in [-0.2, -0.15) is 0 Å². The van der Waals surface area contributed by atoms with Crippen molar-refractivity contribution in [2.45, 2.75) is 6.92 Å². The molecular formula is C12H18FNO2. The highest BCUT2D eigenvalue weighted by atomic mass is 19.1. The van der Waals surface area contributed by atoms with Gasteiger partial charge in [0, 0.05) is 13.1 Å². The predicted octanol–water partition coefficient (Wildman–Crippen LogP) is 1.66. The molecule has 0 aromatic heterocycles. The van der Waals surface area contributed by atoms with Crippen molar-refractivity contribution in [1.29, 1.82) is 0 Å². The highest BCUT2D eigenvalue weighted by Gasteiger charge is 2.08.